The van der Waals surface area contributed by atoms with Gasteiger partial charge in [-0.15, -0.1) is 10.2 Å². The molecule has 4 rings (SSSR count). The van der Waals surface area contributed by atoms with Crippen LogP contribution >= 0.6 is 0 Å². The highest BCUT2D eigenvalue weighted by atomic mass is 16.5. The number of aromatic nitrogens is 3. The lowest BCUT2D eigenvalue weighted by Gasteiger charge is -2.35. The molecule has 0 aromatic carbocycles. The topological polar surface area (TPSA) is 86.7 Å². The van der Waals surface area contributed by atoms with Crippen LogP contribution in [-0.2, 0) is 4.74 Å². The standard InChI is InChI=1S/C20H27N7O2/c28-20(22-7-8-25-13-15-29-16-14-25)17-4-5-19(24-23-17)27-11-9-26(10-12-27)18-3-1-2-6-21-18/h1-6H,7-16H2,(H,22,28). The van der Waals surface area contributed by atoms with E-state index in [-0.39, 0.29) is 5.91 Å². The van der Waals surface area contributed by atoms with Crippen LogP contribution in [0.5, 0.6) is 0 Å². The summed E-state index contributed by atoms with van der Waals surface area (Å²) in [5.41, 5.74) is 0.350. The number of nitrogens with zero attached hydrogens (tertiary/aromatic N) is 6. The molecule has 0 radical (unpaired) electrons. The van der Waals surface area contributed by atoms with Gasteiger partial charge in [-0.2, -0.15) is 0 Å². The summed E-state index contributed by atoms with van der Waals surface area (Å²) in [6.45, 7) is 8.21. The second kappa shape index (κ2) is 9.62. The number of rotatable bonds is 6. The number of carbonyl (C=O) groups is 1. The van der Waals surface area contributed by atoms with Gasteiger partial charge < -0.3 is 19.9 Å². The van der Waals surface area contributed by atoms with E-state index in [9.17, 15) is 4.79 Å². The van der Waals surface area contributed by atoms with E-state index in [1.54, 1.807) is 6.07 Å². The number of morpholine rings is 1. The molecule has 0 bridgehead atoms. The van der Waals surface area contributed by atoms with E-state index in [4.69, 9.17) is 4.74 Å². The Morgan fingerprint density at radius 1 is 0.931 bits per heavy atom. The third-order valence-corrected chi connectivity index (χ3v) is 5.28. The van der Waals surface area contributed by atoms with Crippen LogP contribution in [0.15, 0.2) is 36.5 Å². The Kier molecular flexibility index (Phi) is 6.48. The molecule has 2 aromatic heterocycles. The van der Waals surface area contributed by atoms with Crippen LogP contribution < -0.4 is 15.1 Å². The van der Waals surface area contributed by atoms with Gasteiger partial charge >= 0.3 is 0 Å². The molecule has 1 N–H and O–H groups in total. The summed E-state index contributed by atoms with van der Waals surface area (Å²) in [7, 11) is 0. The molecule has 2 fully saturated rings. The molecule has 0 aliphatic carbocycles. The smallest absolute Gasteiger partial charge is 0.271 e. The van der Waals surface area contributed by atoms with Crippen molar-refractivity contribution in [3.05, 3.63) is 42.2 Å². The summed E-state index contributed by atoms with van der Waals surface area (Å²) in [4.78, 5) is 23.4. The average Bonchev–Trinajstić information content (AvgIpc) is 2.80. The number of anilines is 2. The number of pyridine rings is 1. The third-order valence-electron chi connectivity index (χ3n) is 5.28. The van der Waals surface area contributed by atoms with Gasteiger partial charge in [-0.05, 0) is 24.3 Å². The Balaban J connectivity index is 1.24. The normalized spacial score (nSPS) is 17.9. The second-order valence-electron chi connectivity index (χ2n) is 7.15. The van der Waals surface area contributed by atoms with Crippen LogP contribution in [0.25, 0.3) is 0 Å². The summed E-state index contributed by atoms with van der Waals surface area (Å²) >= 11 is 0. The van der Waals surface area contributed by atoms with E-state index in [1.165, 1.54) is 0 Å². The molecule has 0 unspecified atom stereocenters. The van der Waals surface area contributed by atoms with Gasteiger partial charge in [0.05, 0.1) is 13.2 Å². The van der Waals surface area contributed by atoms with Crippen molar-refractivity contribution in [3.8, 4) is 0 Å². The van der Waals surface area contributed by atoms with Gasteiger partial charge in [-0.25, -0.2) is 4.98 Å². The molecule has 154 valence electrons. The van der Waals surface area contributed by atoms with Gasteiger partial charge in [0.1, 0.15) is 5.82 Å². The van der Waals surface area contributed by atoms with Gasteiger partial charge in [0.2, 0.25) is 0 Å². The van der Waals surface area contributed by atoms with E-state index < -0.39 is 0 Å². The van der Waals surface area contributed by atoms with Crippen molar-refractivity contribution in [1.82, 2.24) is 25.4 Å². The Labute approximate surface area is 170 Å². The maximum absolute atomic E-state index is 12.3. The first kappa shape index (κ1) is 19.5. The van der Waals surface area contributed by atoms with E-state index in [0.29, 0.717) is 12.2 Å². The van der Waals surface area contributed by atoms with Crippen molar-refractivity contribution in [2.24, 2.45) is 0 Å². The molecule has 1 amide bonds. The summed E-state index contributed by atoms with van der Waals surface area (Å²) in [5.74, 6) is 1.62. The molecule has 9 heteroatoms. The number of carbonyl (C=O) groups excluding carboxylic acids is 1. The minimum Gasteiger partial charge on any atom is -0.379 e. The van der Waals surface area contributed by atoms with Crippen LogP contribution in [0.4, 0.5) is 11.6 Å². The number of amides is 1. The SMILES string of the molecule is O=C(NCCN1CCOCC1)c1ccc(N2CCN(c3ccccn3)CC2)nn1. The van der Waals surface area contributed by atoms with Gasteiger partial charge in [0.25, 0.3) is 5.91 Å². The molecule has 2 aliphatic heterocycles. The highest BCUT2D eigenvalue weighted by molar-refractivity contribution is 5.92. The highest BCUT2D eigenvalue weighted by Gasteiger charge is 2.20. The Morgan fingerprint density at radius 2 is 1.69 bits per heavy atom. The summed E-state index contributed by atoms with van der Waals surface area (Å²) in [6.07, 6.45) is 1.82. The Hall–Kier alpha value is -2.78. The molecule has 0 atom stereocenters. The molecule has 0 spiro atoms. The zero-order valence-electron chi connectivity index (χ0n) is 16.5. The van der Waals surface area contributed by atoms with Crippen LogP contribution in [0.1, 0.15) is 10.5 Å². The third kappa shape index (κ3) is 5.18. The van der Waals surface area contributed by atoms with Crippen LogP contribution in [0.3, 0.4) is 0 Å². The first-order chi connectivity index (χ1) is 14.3. The summed E-state index contributed by atoms with van der Waals surface area (Å²) < 4.78 is 5.33. The average molecular weight is 397 g/mol. The minimum absolute atomic E-state index is 0.183. The van der Waals surface area contributed by atoms with Gasteiger partial charge in [-0.3, -0.25) is 9.69 Å². The van der Waals surface area contributed by atoms with Crippen LogP contribution in [-0.4, -0.2) is 91.6 Å². The van der Waals surface area contributed by atoms with Crippen LogP contribution in [0, 0.1) is 0 Å². The number of piperazine rings is 1. The summed E-state index contributed by atoms with van der Waals surface area (Å²) in [6, 6.07) is 9.58. The number of hydrogen-bond acceptors (Lipinski definition) is 8. The maximum atomic E-state index is 12.3. The first-order valence-electron chi connectivity index (χ1n) is 10.1. The van der Waals surface area contributed by atoms with Crippen molar-refractivity contribution >= 4 is 17.5 Å². The largest absolute Gasteiger partial charge is 0.379 e. The molecular formula is C20H27N7O2. The van der Waals surface area contributed by atoms with E-state index in [0.717, 1.165) is 70.7 Å². The fourth-order valence-electron chi connectivity index (χ4n) is 3.56. The lowest BCUT2D eigenvalue weighted by molar-refractivity contribution is 0.0383. The fraction of sp³-hybridized carbons (Fsp3) is 0.500. The monoisotopic (exact) mass is 397 g/mol. The quantitative estimate of drug-likeness (QED) is 0.743. The Bertz CT molecular complexity index is 773. The predicted octanol–water partition coefficient (Wildman–Crippen LogP) is 0.260. The molecular weight excluding hydrogens is 370 g/mol. The molecule has 29 heavy (non-hydrogen) atoms. The lowest BCUT2D eigenvalue weighted by Crippen LogP contribution is -2.47. The second-order valence-corrected chi connectivity index (χ2v) is 7.15. The first-order valence-corrected chi connectivity index (χ1v) is 10.1. The zero-order chi connectivity index (χ0) is 19.9. The zero-order valence-corrected chi connectivity index (χ0v) is 16.5. The summed E-state index contributed by atoms with van der Waals surface area (Å²) in [5, 5.41) is 11.3. The van der Waals surface area contributed by atoms with Crippen LogP contribution in [0.2, 0.25) is 0 Å². The number of hydrogen-bond donors (Lipinski definition) is 1. The van der Waals surface area contributed by atoms with E-state index >= 15 is 0 Å². The molecule has 2 aromatic rings. The van der Waals surface area contributed by atoms with Crippen molar-refractivity contribution in [3.63, 3.8) is 0 Å². The molecule has 9 nitrogen and oxygen atoms in total. The van der Waals surface area contributed by atoms with Crippen molar-refractivity contribution < 1.29 is 9.53 Å². The molecule has 4 heterocycles. The fourth-order valence-corrected chi connectivity index (χ4v) is 3.56. The maximum Gasteiger partial charge on any atom is 0.271 e. The molecule has 2 aliphatic rings. The Morgan fingerprint density at radius 3 is 2.34 bits per heavy atom. The van der Waals surface area contributed by atoms with E-state index in [1.807, 2.05) is 30.5 Å². The van der Waals surface area contributed by atoms with Crippen molar-refractivity contribution in [2.45, 2.75) is 0 Å². The van der Waals surface area contributed by atoms with Gasteiger partial charge in [0.15, 0.2) is 11.5 Å². The molecule has 2 saturated heterocycles. The minimum atomic E-state index is -0.183. The lowest BCUT2D eigenvalue weighted by atomic mass is 10.3. The molecule has 0 saturated carbocycles. The number of nitrogens with one attached hydrogen (secondary N) is 1. The highest BCUT2D eigenvalue weighted by Crippen LogP contribution is 2.16. The predicted molar refractivity (Wildman–Crippen MR) is 110 cm³/mol. The van der Waals surface area contributed by atoms with E-state index in [2.05, 4.69) is 35.2 Å². The number of ether oxygens (including phenoxy) is 1. The van der Waals surface area contributed by atoms with Gasteiger partial charge in [-0.1, -0.05) is 6.07 Å². The van der Waals surface area contributed by atoms with Gasteiger partial charge in [0, 0.05) is 58.6 Å². The van der Waals surface area contributed by atoms with Crippen molar-refractivity contribution in [2.75, 3.05) is 75.4 Å². The van der Waals surface area contributed by atoms with Crippen molar-refractivity contribution in [1.29, 1.82) is 0 Å².